The average molecular weight is 184 g/mol. The number of hydrogen-bond acceptors (Lipinski definition) is 3. The first-order chi connectivity index (χ1) is 6.33. The van der Waals surface area contributed by atoms with Gasteiger partial charge in [0.25, 0.3) is 5.56 Å². The molecule has 0 aromatic carbocycles. The van der Waals surface area contributed by atoms with Crippen LogP contribution in [-0.2, 0) is 24.3 Å². The quantitative estimate of drug-likeness (QED) is 0.635. The number of aliphatic hydroxyl groups is 1. The summed E-state index contributed by atoms with van der Waals surface area (Å²) in [5.41, 5.74) is 1.59. The summed E-state index contributed by atoms with van der Waals surface area (Å²) in [5.74, 6) is 0. The van der Waals surface area contributed by atoms with Gasteiger partial charge in [-0.05, 0) is 0 Å². The van der Waals surface area contributed by atoms with Crippen LogP contribution in [0.1, 0.15) is 11.3 Å². The van der Waals surface area contributed by atoms with Gasteiger partial charge >= 0.3 is 0 Å². The third kappa shape index (κ3) is 1.40. The Balaban J connectivity index is 2.39. The Labute approximate surface area is 74.9 Å². The van der Waals surface area contributed by atoms with Gasteiger partial charge < -0.3 is 9.84 Å². The Kier molecular flexibility index (Phi) is 2.20. The maximum Gasteiger partial charge on any atom is 0.272 e. The molecule has 0 fully saturated rings. The van der Waals surface area contributed by atoms with Gasteiger partial charge in [-0.2, -0.15) is 0 Å². The van der Waals surface area contributed by atoms with Crippen molar-refractivity contribution in [3.8, 4) is 0 Å². The SMILES string of the molecule is O=c1c2c([nH]n1CCO)CCOC2. The van der Waals surface area contributed by atoms with Gasteiger partial charge in [0, 0.05) is 12.1 Å². The number of aromatic amines is 1. The normalized spacial score (nSPS) is 15.8. The molecule has 0 saturated heterocycles. The van der Waals surface area contributed by atoms with Crippen LogP contribution in [0.25, 0.3) is 0 Å². The summed E-state index contributed by atoms with van der Waals surface area (Å²) in [7, 11) is 0. The first kappa shape index (κ1) is 8.52. The molecule has 0 saturated carbocycles. The lowest BCUT2D eigenvalue weighted by Crippen LogP contribution is -2.21. The first-order valence-corrected chi connectivity index (χ1v) is 4.32. The molecule has 1 aromatic heterocycles. The summed E-state index contributed by atoms with van der Waals surface area (Å²) < 4.78 is 6.60. The highest BCUT2D eigenvalue weighted by Gasteiger charge is 2.17. The van der Waals surface area contributed by atoms with Gasteiger partial charge in [-0.3, -0.25) is 14.6 Å². The Hall–Kier alpha value is -1.07. The Morgan fingerprint density at radius 1 is 1.62 bits per heavy atom. The van der Waals surface area contributed by atoms with E-state index in [0.29, 0.717) is 25.3 Å². The molecule has 0 radical (unpaired) electrons. The van der Waals surface area contributed by atoms with Gasteiger partial charge in [0.15, 0.2) is 0 Å². The molecule has 0 atom stereocenters. The number of hydrogen-bond donors (Lipinski definition) is 2. The van der Waals surface area contributed by atoms with Crippen molar-refractivity contribution in [2.45, 2.75) is 19.6 Å². The monoisotopic (exact) mass is 184 g/mol. The van der Waals surface area contributed by atoms with E-state index in [1.54, 1.807) is 0 Å². The van der Waals surface area contributed by atoms with Crippen molar-refractivity contribution in [1.82, 2.24) is 9.78 Å². The van der Waals surface area contributed by atoms with Crippen LogP contribution < -0.4 is 5.56 Å². The molecule has 72 valence electrons. The van der Waals surface area contributed by atoms with Crippen LogP contribution in [0, 0.1) is 0 Å². The number of aliphatic hydroxyl groups excluding tert-OH is 1. The maximum absolute atomic E-state index is 11.5. The van der Waals surface area contributed by atoms with Crippen molar-refractivity contribution in [2.75, 3.05) is 13.2 Å². The standard InChI is InChI=1S/C8H12N2O3/c11-3-2-10-8(12)6-5-13-4-1-7(6)9-10/h9,11H,1-5H2. The predicted octanol–water partition coefficient (Wildman–Crippen LogP) is -0.759. The van der Waals surface area contributed by atoms with Crippen LogP contribution in [0.15, 0.2) is 4.79 Å². The lowest BCUT2D eigenvalue weighted by Gasteiger charge is -2.08. The molecular weight excluding hydrogens is 172 g/mol. The molecule has 2 heterocycles. The van der Waals surface area contributed by atoms with E-state index in [2.05, 4.69) is 5.10 Å². The molecule has 0 aliphatic carbocycles. The van der Waals surface area contributed by atoms with Crippen LogP contribution in [0.3, 0.4) is 0 Å². The minimum atomic E-state index is -0.0660. The summed E-state index contributed by atoms with van der Waals surface area (Å²) in [6.45, 7) is 1.35. The number of rotatable bonds is 2. The summed E-state index contributed by atoms with van der Waals surface area (Å²) in [4.78, 5) is 11.5. The number of fused-ring (bicyclic) bond motifs is 1. The van der Waals surface area contributed by atoms with E-state index in [4.69, 9.17) is 9.84 Å². The zero-order chi connectivity index (χ0) is 9.26. The fraction of sp³-hybridized carbons (Fsp3) is 0.625. The number of H-pyrrole nitrogens is 1. The molecule has 2 rings (SSSR count). The molecule has 0 amide bonds. The van der Waals surface area contributed by atoms with E-state index in [1.165, 1.54) is 4.68 Å². The summed E-state index contributed by atoms with van der Waals surface area (Å²) in [5, 5.41) is 11.7. The third-order valence-corrected chi connectivity index (χ3v) is 2.20. The second-order valence-electron chi connectivity index (χ2n) is 3.05. The number of nitrogens with zero attached hydrogens (tertiary/aromatic N) is 1. The van der Waals surface area contributed by atoms with E-state index in [0.717, 1.165) is 12.1 Å². The molecule has 1 aromatic rings. The van der Waals surface area contributed by atoms with Crippen molar-refractivity contribution in [3.05, 3.63) is 21.6 Å². The molecule has 13 heavy (non-hydrogen) atoms. The molecule has 1 aliphatic rings. The summed E-state index contributed by atoms with van der Waals surface area (Å²) in [6, 6.07) is 0. The van der Waals surface area contributed by atoms with Gasteiger partial charge in [0.05, 0.1) is 31.9 Å². The van der Waals surface area contributed by atoms with E-state index in [1.807, 2.05) is 0 Å². The lowest BCUT2D eigenvalue weighted by atomic mass is 10.2. The number of ether oxygens (including phenoxy) is 1. The van der Waals surface area contributed by atoms with E-state index in [9.17, 15) is 4.79 Å². The van der Waals surface area contributed by atoms with Crippen molar-refractivity contribution in [3.63, 3.8) is 0 Å². The molecule has 1 aliphatic heterocycles. The third-order valence-electron chi connectivity index (χ3n) is 2.20. The van der Waals surface area contributed by atoms with Crippen molar-refractivity contribution in [1.29, 1.82) is 0 Å². The Morgan fingerprint density at radius 2 is 2.46 bits per heavy atom. The van der Waals surface area contributed by atoms with Gasteiger partial charge in [-0.15, -0.1) is 0 Å². The number of nitrogens with one attached hydrogen (secondary N) is 1. The fourth-order valence-electron chi connectivity index (χ4n) is 1.53. The topological polar surface area (TPSA) is 67.2 Å². The summed E-state index contributed by atoms with van der Waals surface area (Å²) >= 11 is 0. The van der Waals surface area contributed by atoms with Crippen LogP contribution in [0.5, 0.6) is 0 Å². The molecule has 5 nitrogen and oxygen atoms in total. The Morgan fingerprint density at radius 3 is 3.15 bits per heavy atom. The molecule has 5 heteroatoms. The minimum Gasteiger partial charge on any atom is -0.394 e. The van der Waals surface area contributed by atoms with Gasteiger partial charge in [-0.25, -0.2) is 0 Å². The van der Waals surface area contributed by atoms with Crippen molar-refractivity contribution >= 4 is 0 Å². The number of aromatic nitrogens is 2. The van der Waals surface area contributed by atoms with Crippen LogP contribution in [-0.4, -0.2) is 28.1 Å². The molecule has 0 bridgehead atoms. The van der Waals surface area contributed by atoms with Crippen LogP contribution in [0.2, 0.25) is 0 Å². The lowest BCUT2D eigenvalue weighted by molar-refractivity contribution is 0.109. The second-order valence-corrected chi connectivity index (χ2v) is 3.05. The second kappa shape index (κ2) is 3.35. The highest BCUT2D eigenvalue weighted by molar-refractivity contribution is 5.18. The highest BCUT2D eigenvalue weighted by atomic mass is 16.5. The van der Waals surface area contributed by atoms with Crippen molar-refractivity contribution < 1.29 is 9.84 Å². The fourth-order valence-corrected chi connectivity index (χ4v) is 1.53. The largest absolute Gasteiger partial charge is 0.394 e. The summed E-state index contributed by atoms with van der Waals surface area (Å²) in [6.07, 6.45) is 0.753. The van der Waals surface area contributed by atoms with E-state index < -0.39 is 0 Å². The molecule has 0 spiro atoms. The smallest absolute Gasteiger partial charge is 0.272 e. The zero-order valence-electron chi connectivity index (χ0n) is 7.25. The average Bonchev–Trinajstić information content (AvgIpc) is 2.46. The molecular formula is C8H12N2O3. The van der Waals surface area contributed by atoms with Crippen LogP contribution >= 0.6 is 0 Å². The maximum atomic E-state index is 11.5. The van der Waals surface area contributed by atoms with E-state index in [-0.39, 0.29) is 12.2 Å². The Bertz CT molecular complexity index is 353. The zero-order valence-corrected chi connectivity index (χ0v) is 7.25. The van der Waals surface area contributed by atoms with Gasteiger partial charge in [-0.1, -0.05) is 0 Å². The van der Waals surface area contributed by atoms with Crippen molar-refractivity contribution in [2.24, 2.45) is 0 Å². The van der Waals surface area contributed by atoms with Gasteiger partial charge in [0.2, 0.25) is 0 Å². The highest BCUT2D eigenvalue weighted by Crippen LogP contribution is 2.09. The molecule has 2 N–H and O–H groups in total. The van der Waals surface area contributed by atoms with E-state index >= 15 is 0 Å². The molecule has 0 unspecified atom stereocenters. The van der Waals surface area contributed by atoms with Gasteiger partial charge in [0.1, 0.15) is 0 Å². The predicted molar refractivity (Wildman–Crippen MR) is 45.5 cm³/mol. The first-order valence-electron chi connectivity index (χ1n) is 4.32. The van der Waals surface area contributed by atoms with Crippen LogP contribution in [0.4, 0.5) is 0 Å². The minimum absolute atomic E-state index is 0.0276.